The molecule has 0 spiro atoms. The first-order valence-corrected chi connectivity index (χ1v) is 20.0. The number of aliphatic hydroxyl groups excluding tert-OH is 11. The number of hydrogen-bond acceptors (Lipinski definition) is 24. The van der Waals surface area contributed by atoms with Gasteiger partial charge in [-0.1, -0.05) is 6.07 Å². The topological polar surface area (TPSA) is 406 Å². The van der Waals surface area contributed by atoms with E-state index in [9.17, 15) is 86.2 Å². The van der Waals surface area contributed by atoms with Crippen LogP contribution in [0.2, 0.25) is 0 Å². The molecule has 66 heavy (non-hydrogen) atoms. The van der Waals surface area contributed by atoms with E-state index >= 15 is 0 Å². The van der Waals surface area contributed by atoms with Crippen molar-refractivity contribution < 1.29 is 114 Å². The van der Waals surface area contributed by atoms with E-state index in [0.717, 1.165) is 42.5 Å². The highest BCUT2D eigenvalue weighted by Gasteiger charge is 2.50. The Hall–Kier alpha value is -5.68. The first kappa shape index (κ1) is 48.3. The summed E-state index contributed by atoms with van der Waals surface area (Å²) in [7, 11) is 0. The van der Waals surface area contributed by atoms with Crippen LogP contribution in [0.15, 0.2) is 63.8 Å². The van der Waals surface area contributed by atoms with E-state index in [1.54, 1.807) is 0 Å². The third kappa shape index (κ3) is 9.33. The second-order valence-electron chi connectivity index (χ2n) is 15.5. The van der Waals surface area contributed by atoms with E-state index in [-0.39, 0.29) is 28.4 Å². The minimum Gasteiger partial charge on any atom is -0.507 e. The molecule has 24 heteroatoms. The zero-order valence-corrected chi connectivity index (χ0v) is 33.9. The van der Waals surface area contributed by atoms with E-state index in [4.69, 9.17) is 32.8 Å². The average Bonchev–Trinajstić information content (AvgIpc) is 3.29. The van der Waals surface area contributed by atoms with Crippen LogP contribution in [0.5, 0.6) is 34.5 Å². The lowest BCUT2D eigenvalue weighted by molar-refractivity contribution is -0.277. The van der Waals surface area contributed by atoms with Gasteiger partial charge < -0.3 is 109 Å². The van der Waals surface area contributed by atoms with Crippen molar-refractivity contribution in [2.24, 2.45) is 0 Å². The van der Waals surface area contributed by atoms with Crippen LogP contribution in [0.4, 0.5) is 0 Å². The predicted molar refractivity (Wildman–Crippen MR) is 215 cm³/mol. The molecule has 0 bridgehead atoms. The van der Waals surface area contributed by atoms with Crippen molar-refractivity contribution >= 4 is 23.0 Å². The summed E-state index contributed by atoms with van der Waals surface area (Å²) in [5.74, 6) is -4.98. The Morgan fingerprint density at radius 3 is 1.77 bits per heavy atom. The molecule has 0 saturated carbocycles. The standard InChI is InChI=1S/C42H46O24/c43-11-24-32(53)36(57)40(66-27(50)6-2-14-1-5-20(17(47)7-14)62-41-37(58)34(55)30(51)25(12-44)64-41)39(61-24)29-19(49)10-23-28(33(29)54)18(48)9-21(60-23)15-3-4-16(46)22(8-15)63-42-38(59)35(56)31(52)26(13-45)65-42/h1-10,24-26,30-32,34-47,49,51-59H,11-13H2/b6-2+/t24-,25-,26-,30-,31-,32-,34+,35+,36+,37-,38-,39+,40-,41-,42-/m1/s1. The second-order valence-corrected chi connectivity index (χ2v) is 15.5. The van der Waals surface area contributed by atoms with Gasteiger partial charge in [-0.05, 0) is 42.0 Å². The zero-order valence-electron chi connectivity index (χ0n) is 33.9. The SMILES string of the molecule is O=C(/C=C/c1ccc(O[C@@H]2O[C@H](CO)[C@@H](O)[C@H](O)[C@H]2O)c(O)c1)O[C@@H]1[C@@H](O)[C@H](O)[C@@H](CO)O[C@H]1c1c(O)cc2oc(-c3ccc(O)c(O[C@@H]4O[C@H](CO)[C@@H](O)[C@H](O)[C@H]4O)c3)cc(=O)c2c1O. The van der Waals surface area contributed by atoms with Gasteiger partial charge in [0.2, 0.25) is 12.6 Å². The van der Waals surface area contributed by atoms with Crippen LogP contribution >= 0.6 is 0 Å². The molecule has 4 heterocycles. The number of esters is 1. The fourth-order valence-corrected chi connectivity index (χ4v) is 7.60. The van der Waals surface area contributed by atoms with Crippen molar-refractivity contribution in [3.8, 4) is 45.8 Å². The van der Waals surface area contributed by atoms with Crippen LogP contribution in [0.25, 0.3) is 28.4 Å². The number of rotatable bonds is 12. The van der Waals surface area contributed by atoms with Crippen molar-refractivity contribution in [2.75, 3.05) is 19.8 Å². The highest BCUT2D eigenvalue weighted by Crippen LogP contribution is 2.46. The lowest BCUT2D eigenvalue weighted by atomic mass is 9.89. The molecular formula is C42H46O24. The fraction of sp³-hybridized carbons (Fsp3) is 0.429. The summed E-state index contributed by atoms with van der Waals surface area (Å²) in [5.41, 5.74) is -1.81. The van der Waals surface area contributed by atoms with E-state index in [2.05, 4.69) is 0 Å². The van der Waals surface area contributed by atoms with Crippen molar-refractivity contribution in [1.29, 1.82) is 0 Å². The van der Waals surface area contributed by atoms with E-state index < -0.39 is 163 Å². The van der Waals surface area contributed by atoms with Crippen molar-refractivity contribution in [3.05, 3.63) is 76.0 Å². The van der Waals surface area contributed by atoms with Crippen LogP contribution in [0.3, 0.4) is 0 Å². The molecule has 3 aliphatic rings. The van der Waals surface area contributed by atoms with Crippen molar-refractivity contribution in [3.63, 3.8) is 0 Å². The van der Waals surface area contributed by atoms with Gasteiger partial charge in [0.15, 0.2) is 34.5 Å². The van der Waals surface area contributed by atoms with Gasteiger partial charge in [-0.15, -0.1) is 0 Å². The fourth-order valence-electron chi connectivity index (χ4n) is 7.60. The molecule has 3 aliphatic heterocycles. The highest BCUT2D eigenvalue weighted by atomic mass is 16.7. The minimum absolute atomic E-state index is 0.0422. The number of carbonyl (C=O) groups excluding carboxylic acids is 1. The number of fused-ring (bicyclic) bond motifs is 1. The molecule has 24 nitrogen and oxygen atoms in total. The maximum Gasteiger partial charge on any atom is 0.331 e. The zero-order chi connectivity index (χ0) is 47.9. The normalized spacial score (nSPS) is 32.6. The molecule has 0 aliphatic carbocycles. The van der Waals surface area contributed by atoms with Gasteiger partial charge in [0, 0.05) is 23.8 Å². The summed E-state index contributed by atoms with van der Waals surface area (Å²) in [6, 6.07) is 8.92. The molecular weight excluding hydrogens is 888 g/mol. The quantitative estimate of drug-likeness (QED) is 0.0482. The van der Waals surface area contributed by atoms with Crippen molar-refractivity contribution in [2.45, 2.75) is 91.9 Å². The Morgan fingerprint density at radius 2 is 1.18 bits per heavy atom. The van der Waals surface area contributed by atoms with Gasteiger partial charge in [-0.2, -0.15) is 0 Å². The monoisotopic (exact) mass is 934 g/mol. The predicted octanol–water partition coefficient (Wildman–Crippen LogP) is -3.58. The third-order valence-electron chi connectivity index (χ3n) is 11.2. The van der Waals surface area contributed by atoms with Gasteiger partial charge >= 0.3 is 5.97 Å². The first-order valence-electron chi connectivity index (χ1n) is 20.0. The Morgan fingerprint density at radius 1 is 0.606 bits per heavy atom. The smallest absolute Gasteiger partial charge is 0.331 e. The second kappa shape index (κ2) is 19.7. The Balaban J connectivity index is 1.12. The molecule has 7 rings (SSSR count). The van der Waals surface area contributed by atoms with Gasteiger partial charge in [-0.3, -0.25) is 4.79 Å². The number of carbonyl (C=O) groups is 1. The van der Waals surface area contributed by atoms with E-state index in [1.165, 1.54) is 18.2 Å². The van der Waals surface area contributed by atoms with E-state index in [0.29, 0.717) is 0 Å². The minimum atomic E-state index is -2.04. The molecule has 358 valence electrons. The van der Waals surface area contributed by atoms with Gasteiger partial charge in [-0.25, -0.2) is 4.79 Å². The number of aromatic hydroxyl groups is 4. The third-order valence-corrected chi connectivity index (χ3v) is 11.2. The lowest BCUT2D eigenvalue weighted by Gasteiger charge is -2.42. The molecule has 0 amide bonds. The largest absolute Gasteiger partial charge is 0.507 e. The summed E-state index contributed by atoms with van der Waals surface area (Å²) in [5, 5.41) is 155. The van der Waals surface area contributed by atoms with Crippen LogP contribution in [-0.4, -0.2) is 188 Å². The number of aliphatic hydroxyl groups is 11. The average molecular weight is 935 g/mol. The number of phenols is 4. The summed E-state index contributed by atoms with van der Waals surface area (Å²) in [6.07, 6.45) is -23.8. The van der Waals surface area contributed by atoms with Crippen LogP contribution in [-0.2, 0) is 23.7 Å². The molecule has 15 atom stereocenters. The van der Waals surface area contributed by atoms with Gasteiger partial charge in [0.25, 0.3) is 0 Å². The molecule has 15 N–H and O–H groups in total. The van der Waals surface area contributed by atoms with E-state index in [1.807, 2.05) is 0 Å². The van der Waals surface area contributed by atoms with Crippen LogP contribution in [0.1, 0.15) is 17.2 Å². The summed E-state index contributed by atoms with van der Waals surface area (Å²) < 4.78 is 38.6. The highest BCUT2D eigenvalue weighted by molar-refractivity contribution is 5.89. The van der Waals surface area contributed by atoms with Gasteiger partial charge in [0.05, 0.1) is 25.4 Å². The number of phenolic OH excluding ortho intramolecular Hbond substituents is 4. The number of benzene rings is 3. The summed E-state index contributed by atoms with van der Waals surface area (Å²) in [4.78, 5) is 26.9. The number of ether oxygens (including phenoxy) is 6. The Bertz CT molecular complexity index is 2470. The lowest BCUT2D eigenvalue weighted by Crippen LogP contribution is -2.60. The Kier molecular flexibility index (Phi) is 14.4. The summed E-state index contributed by atoms with van der Waals surface area (Å²) >= 11 is 0. The van der Waals surface area contributed by atoms with Crippen LogP contribution < -0.4 is 14.9 Å². The Labute approximate surface area is 370 Å². The summed E-state index contributed by atoms with van der Waals surface area (Å²) in [6.45, 7) is -2.40. The first-order chi connectivity index (χ1) is 31.4. The molecule has 0 unspecified atom stereocenters. The molecule has 3 saturated heterocycles. The molecule has 0 radical (unpaired) electrons. The molecule has 3 aromatic carbocycles. The van der Waals surface area contributed by atoms with Gasteiger partial charge in [0.1, 0.15) is 101 Å². The molecule has 4 aromatic rings. The molecule has 1 aromatic heterocycles. The van der Waals surface area contributed by atoms with Crippen molar-refractivity contribution in [1.82, 2.24) is 0 Å². The number of hydrogen-bond donors (Lipinski definition) is 15. The maximum atomic E-state index is 13.7. The van der Waals surface area contributed by atoms with Crippen LogP contribution in [0, 0.1) is 0 Å². The molecule has 3 fully saturated rings. The maximum absolute atomic E-state index is 13.7.